The highest BCUT2D eigenvalue weighted by molar-refractivity contribution is 5.88. The Labute approximate surface area is 136 Å². The SMILES string of the molecule is CCCCCCC[C@H]1C[C@H](C(C)(C)C)CC/C1=N/NC(N)=O. The van der Waals surface area contributed by atoms with Crippen LogP contribution in [0.3, 0.4) is 0 Å². The lowest BCUT2D eigenvalue weighted by atomic mass is 9.67. The zero-order valence-corrected chi connectivity index (χ0v) is 15.0. The van der Waals surface area contributed by atoms with Crippen molar-refractivity contribution >= 4 is 11.7 Å². The van der Waals surface area contributed by atoms with Gasteiger partial charge in [-0.05, 0) is 42.9 Å². The molecule has 1 saturated carbocycles. The summed E-state index contributed by atoms with van der Waals surface area (Å²) in [6.07, 6.45) is 11.0. The van der Waals surface area contributed by atoms with Crippen LogP contribution in [0.5, 0.6) is 0 Å². The van der Waals surface area contributed by atoms with E-state index in [0.29, 0.717) is 11.3 Å². The Morgan fingerprint density at radius 1 is 1.27 bits per heavy atom. The van der Waals surface area contributed by atoms with Gasteiger partial charge in [0, 0.05) is 5.71 Å². The van der Waals surface area contributed by atoms with Gasteiger partial charge in [-0.1, -0.05) is 59.8 Å². The van der Waals surface area contributed by atoms with Crippen LogP contribution in [-0.4, -0.2) is 11.7 Å². The van der Waals surface area contributed by atoms with Crippen LogP contribution in [0.15, 0.2) is 5.10 Å². The second-order valence-corrected chi connectivity index (χ2v) is 7.82. The van der Waals surface area contributed by atoms with Gasteiger partial charge in [-0.3, -0.25) is 0 Å². The summed E-state index contributed by atoms with van der Waals surface area (Å²) in [5.41, 5.74) is 9.08. The van der Waals surface area contributed by atoms with Gasteiger partial charge in [-0.25, -0.2) is 10.2 Å². The standard InChI is InChI=1S/C18H35N3O/c1-5-6-7-8-9-10-14-13-15(18(2,3)4)11-12-16(14)20-21-17(19)22/h14-15H,5-13H2,1-4H3,(H3,19,21,22)/b20-16-/t14-,15+/m0/s1. The molecular weight excluding hydrogens is 274 g/mol. The third-order valence-corrected chi connectivity index (χ3v) is 4.98. The van der Waals surface area contributed by atoms with Crippen molar-refractivity contribution in [2.75, 3.05) is 0 Å². The lowest BCUT2D eigenvalue weighted by Gasteiger charge is -2.38. The zero-order chi connectivity index (χ0) is 16.6. The summed E-state index contributed by atoms with van der Waals surface area (Å²) in [6, 6.07) is -0.563. The van der Waals surface area contributed by atoms with Crippen LogP contribution in [0.2, 0.25) is 0 Å². The summed E-state index contributed by atoms with van der Waals surface area (Å²) < 4.78 is 0. The number of hydrogen-bond donors (Lipinski definition) is 2. The minimum atomic E-state index is -0.563. The maximum Gasteiger partial charge on any atom is 0.332 e. The average molecular weight is 309 g/mol. The van der Waals surface area contributed by atoms with Gasteiger partial charge in [0.1, 0.15) is 0 Å². The largest absolute Gasteiger partial charge is 0.350 e. The van der Waals surface area contributed by atoms with Crippen LogP contribution in [0, 0.1) is 17.3 Å². The number of carbonyl (C=O) groups is 1. The Morgan fingerprint density at radius 3 is 2.55 bits per heavy atom. The Morgan fingerprint density at radius 2 is 1.95 bits per heavy atom. The van der Waals surface area contributed by atoms with E-state index in [4.69, 9.17) is 5.73 Å². The van der Waals surface area contributed by atoms with Crippen LogP contribution in [-0.2, 0) is 0 Å². The molecule has 0 heterocycles. The molecule has 2 atom stereocenters. The van der Waals surface area contributed by atoms with Gasteiger partial charge in [-0.15, -0.1) is 0 Å². The van der Waals surface area contributed by atoms with Crippen molar-refractivity contribution in [2.45, 2.75) is 85.5 Å². The first-order chi connectivity index (χ1) is 10.3. The van der Waals surface area contributed by atoms with Crippen molar-refractivity contribution in [3.05, 3.63) is 0 Å². The molecule has 0 saturated heterocycles. The van der Waals surface area contributed by atoms with Crippen LogP contribution >= 0.6 is 0 Å². The normalized spacial score (nSPS) is 24.5. The summed E-state index contributed by atoms with van der Waals surface area (Å²) in [4.78, 5) is 10.9. The van der Waals surface area contributed by atoms with E-state index in [2.05, 4.69) is 38.2 Å². The van der Waals surface area contributed by atoms with E-state index in [9.17, 15) is 4.79 Å². The van der Waals surface area contributed by atoms with Crippen molar-refractivity contribution in [1.29, 1.82) is 0 Å². The van der Waals surface area contributed by atoms with E-state index < -0.39 is 6.03 Å². The van der Waals surface area contributed by atoms with Crippen molar-refractivity contribution in [3.63, 3.8) is 0 Å². The monoisotopic (exact) mass is 309 g/mol. The number of carbonyl (C=O) groups excluding carboxylic acids is 1. The van der Waals surface area contributed by atoms with E-state index in [0.717, 1.165) is 24.5 Å². The first-order valence-electron chi connectivity index (χ1n) is 8.96. The third-order valence-electron chi connectivity index (χ3n) is 4.98. The number of primary amides is 1. The number of rotatable bonds is 7. The molecule has 0 spiro atoms. The first-order valence-corrected chi connectivity index (χ1v) is 8.96. The number of amides is 2. The molecule has 4 nitrogen and oxygen atoms in total. The third kappa shape index (κ3) is 6.80. The zero-order valence-electron chi connectivity index (χ0n) is 15.0. The molecule has 1 aliphatic carbocycles. The number of nitrogens with two attached hydrogens (primary N) is 1. The van der Waals surface area contributed by atoms with Gasteiger partial charge in [-0.2, -0.15) is 5.10 Å². The second kappa shape index (κ2) is 9.16. The molecule has 2 amide bonds. The highest BCUT2D eigenvalue weighted by Crippen LogP contribution is 2.40. The number of hydrazone groups is 1. The minimum absolute atomic E-state index is 0.350. The van der Waals surface area contributed by atoms with Gasteiger partial charge < -0.3 is 5.73 Å². The molecule has 1 aliphatic rings. The van der Waals surface area contributed by atoms with Crippen LogP contribution in [0.25, 0.3) is 0 Å². The number of nitrogens with one attached hydrogen (secondary N) is 1. The summed E-state index contributed by atoms with van der Waals surface area (Å²) in [6.45, 7) is 9.24. The topological polar surface area (TPSA) is 67.5 Å². The quantitative estimate of drug-likeness (QED) is 0.513. The molecule has 1 rings (SSSR count). The van der Waals surface area contributed by atoms with Crippen molar-refractivity contribution in [1.82, 2.24) is 5.43 Å². The maximum atomic E-state index is 10.9. The highest BCUT2D eigenvalue weighted by atomic mass is 16.2. The molecule has 0 aromatic heterocycles. The molecule has 0 bridgehead atoms. The van der Waals surface area contributed by atoms with Gasteiger partial charge >= 0.3 is 6.03 Å². The summed E-state index contributed by atoms with van der Waals surface area (Å²) in [5, 5.41) is 4.29. The van der Waals surface area contributed by atoms with E-state index >= 15 is 0 Å². The van der Waals surface area contributed by atoms with Gasteiger partial charge in [0.05, 0.1) is 0 Å². The number of hydrogen-bond acceptors (Lipinski definition) is 2. The number of unbranched alkanes of at least 4 members (excludes halogenated alkanes) is 4. The van der Waals surface area contributed by atoms with E-state index in [-0.39, 0.29) is 0 Å². The maximum absolute atomic E-state index is 10.9. The summed E-state index contributed by atoms with van der Waals surface area (Å²) in [7, 11) is 0. The first kappa shape index (κ1) is 19.0. The van der Waals surface area contributed by atoms with E-state index in [1.165, 1.54) is 44.9 Å². The molecular formula is C18H35N3O. The fourth-order valence-electron chi connectivity index (χ4n) is 3.46. The smallest absolute Gasteiger partial charge is 0.332 e. The van der Waals surface area contributed by atoms with E-state index in [1.54, 1.807) is 0 Å². The van der Waals surface area contributed by atoms with Crippen LogP contribution in [0.1, 0.15) is 85.5 Å². The Kier molecular flexibility index (Phi) is 7.91. The lowest BCUT2D eigenvalue weighted by molar-refractivity contribution is 0.182. The second-order valence-electron chi connectivity index (χ2n) is 7.82. The van der Waals surface area contributed by atoms with Crippen molar-refractivity contribution in [3.8, 4) is 0 Å². The van der Waals surface area contributed by atoms with Crippen molar-refractivity contribution < 1.29 is 4.79 Å². The van der Waals surface area contributed by atoms with E-state index in [1.807, 2.05) is 0 Å². The molecule has 0 aromatic carbocycles. The Hall–Kier alpha value is -1.06. The Balaban J connectivity index is 2.59. The predicted octanol–water partition coefficient (Wildman–Crippen LogP) is 4.83. The molecule has 0 unspecified atom stereocenters. The molecule has 0 aliphatic heterocycles. The molecule has 1 fully saturated rings. The van der Waals surface area contributed by atoms with Crippen LogP contribution < -0.4 is 11.2 Å². The van der Waals surface area contributed by atoms with Crippen LogP contribution in [0.4, 0.5) is 4.79 Å². The fraction of sp³-hybridized carbons (Fsp3) is 0.889. The van der Waals surface area contributed by atoms with Gasteiger partial charge in [0.2, 0.25) is 0 Å². The summed E-state index contributed by atoms with van der Waals surface area (Å²) >= 11 is 0. The van der Waals surface area contributed by atoms with Gasteiger partial charge in [0.25, 0.3) is 0 Å². The molecule has 0 aromatic rings. The molecule has 128 valence electrons. The summed E-state index contributed by atoms with van der Waals surface area (Å²) in [5.74, 6) is 1.24. The number of nitrogens with zero attached hydrogens (tertiary/aromatic N) is 1. The highest BCUT2D eigenvalue weighted by Gasteiger charge is 2.33. The molecule has 4 heteroatoms. The predicted molar refractivity (Wildman–Crippen MR) is 93.8 cm³/mol. The molecule has 0 radical (unpaired) electrons. The van der Waals surface area contributed by atoms with Crippen molar-refractivity contribution in [2.24, 2.45) is 28.1 Å². The van der Waals surface area contributed by atoms with Gasteiger partial charge in [0.15, 0.2) is 0 Å². The minimum Gasteiger partial charge on any atom is -0.350 e. The lowest BCUT2D eigenvalue weighted by Crippen LogP contribution is -2.34. The molecule has 3 N–H and O–H groups in total. The number of urea groups is 1. The Bertz CT molecular complexity index is 371. The average Bonchev–Trinajstić information content (AvgIpc) is 2.44. The fourth-order valence-corrected chi connectivity index (χ4v) is 3.46. The molecule has 22 heavy (non-hydrogen) atoms.